The van der Waals surface area contributed by atoms with E-state index in [1.165, 1.54) is 4.57 Å². The Hall–Kier alpha value is -3.16. The number of ether oxygens (including phenoxy) is 1. The van der Waals surface area contributed by atoms with Gasteiger partial charge in [-0.3, -0.25) is 14.2 Å². The molecule has 0 spiro atoms. The number of esters is 1. The van der Waals surface area contributed by atoms with Crippen LogP contribution in [0.1, 0.15) is 12.0 Å². The molecule has 0 unspecified atom stereocenters. The molecule has 0 saturated carbocycles. The molecular formula is C24H27ClN4O3. The monoisotopic (exact) mass is 454 g/mol. The maximum atomic E-state index is 13.2. The Bertz CT molecular complexity index is 1090. The lowest BCUT2D eigenvalue weighted by Crippen LogP contribution is -2.31. The van der Waals surface area contributed by atoms with Gasteiger partial charge in [-0.1, -0.05) is 72.3 Å². The van der Waals surface area contributed by atoms with E-state index in [0.717, 1.165) is 18.5 Å². The van der Waals surface area contributed by atoms with E-state index in [0.29, 0.717) is 17.8 Å². The summed E-state index contributed by atoms with van der Waals surface area (Å²) in [6, 6.07) is 18.5. The smallest absolute Gasteiger partial charge is 0.326 e. The van der Waals surface area contributed by atoms with E-state index in [-0.39, 0.29) is 24.1 Å². The van der Waals surface area contributed by atoms with Crippen molar-refractivity contribution in [3.63, 3.8) is 0 Å². The molecule has 3 aromatic rings. The predicted molar refractivity (Wildman–Crippen MR) is 127 cm³/mol. The van der Waals surface area contributed by atoms with Gasteiger partial charge in [-0.25, -0.2) is 4.98 Å². The number of nitrogens with one attached hydrogen (secondary N) is 1. The molecule has 0 saturated heterocycles. The van der Waals surface area contributed by atoms with Gasteiger partial charge in [0.05, 0.1) is 5.69 Å². The van der Waals surface area contributed by atoms with E-state index in [4.69, 9.17) is 16.3 Å². The van der Waals surface area contributed by atoms with Gasteiger partial charge in [-0.05, 0) is 32.6 Å². The highest BCUT2D eigenvalue weighted by atomic mass is 35.5. The number of carbonyl (C=O) groups excluding carboxylic acids is 1. The molecule has 0 fully saturated rings. The number of benzene rings is 2. The van der Waals surface area contributed by atoms with Crippen molar-refractivity contribution in [2.45, 2.75) is 19.6 Å². The first kappa shape index (κ1) is 23.5. The Morgan fingerprint density at radius 1 is 1.09 bits per heavy atom. The fraction of sp³-hybridized carbons (Fsp3) is 0.292. The molecule has 0 atom stereocenters. The second kappa shape index (κ2) is 11.5. The van der Waals surface area contributed by atoms with Crippen LogP contribution in [0, 0.1) is 0 Å². The number of hydrogen-bond donors (Lipinski definition) is 1. The van der Waals surface area contributed by atoms with Gasteiger partial charge in [0, 0.05) is 12.1 Å². The van der Waals surface area contributed by atoms with Crippen LogP contribution in [-0.2, 0) is 22.7 Å². The number of aromatic nitrogens is 2. The van der Waals surface area contributed by atoms with E-state index in [2.05, 4.69) is 15.2 Å². The van der Waals surface area contributed by atoms with Crippen molar-refractivity contribution < 1.29 is 9.53 Å². The van der Waals surface area contributed by atoms with Gasteiger partial charge < -0.3 is 15.0 Å². The summed E-state index contributed by atoms with van der Waals surface area (Å²) < 4.78 is 6.72. The number of halogens is 1. The zero-order valence-corrected chi connectivity index (χ0v) is 19.0. The molecule has 1 aromatic heterocycles. The summed E-state index contributed by atoms with van der Waals surface area (Å²) in [5.41, 5.74) is 1.52. The topological polar surface area (TPSA) is 76.5 Å². The second-order valence-electron chi connectivity index (χ2n) is 7.59. The molecule has 8 heteroatoms. The Morgan fingerprint density at radius 2 is 1.75 bits per heavy atom. The second-order valence-corrected chi connectivity index (χ2v) is 7.95. The van der Waals surface area contributed by atoms with Crippen molar-refractivity contribution in [1.29, 1.82) is 0 Å². The summed E-state index contributed by atoms with van der Waals surface area (Å²) in [7, 11) is 3.97. The summed E-state index contributed by atoms with van der Waals surface area (Å²) in [5.74, 6) is -0.418. The summed E-state index contributed by atoms with van der Waals surface area (Å²) in [4.78, 5) is 32.2. The third-order valence-electron chi connectivity index (χ3n) is 4.77. The van der Waals surface area contributed by atoms with Gasteiger partial charge in [-0.15, -0.1) is 0 Å². The lowest BCUT2D eigenvalue weighted by molar-refractivity contribution is -0.145. The molecule has 0 aliphatic carbocycles. The molecule has 1 N–H and O–H groups in total. The first-order valence-electron chi connectivity index (χ1n) is 10.4. The molecule has 168 valence electrons. The van der Waals surface area contributed by atoms with Crippen LogP contribution in [0.4, 0.5) is 5.82 Å². The van der Waals surface area contributed by atoms with Crippen LogP contribution in [-0.4, -0.2) is 47.6 Å². The molecule has 0 amide bonds. The highest BCUT2D eigenvalue weighted by molar-refractivity contribution is 6.32. The Labute approximate surface area is 192 Å². The van der Waals surface area contributed by atoms with Crippen molar-refractivity contribution in [3.05, 3.63) is 81.7 Å². The maximum absolute atomic E-state index is 13.2. The van der Waals surface area contributed by atoms with Crippen LogP contribution in [0.25, 0.3) is 11.3 Å². The van der Waals surface area contributed by atoms with Crippen LogP contribution < -0.4 is 10.9 Å². The normalized spacial score (nSPS) is 10.9. The summed E-state index contributed by atoms with van der Waals surface area (Å²) in [6.45, 7) is 1.27. The molecule has 1 heterocycles. The molecule has 2 aromatic carbocycles. The van der Waals surface area contributed by atoms with Gasteiger partial charge in [-0.2, -0.15) is 0 Å². The molecule has 7 nitrogen and oxygen atoms in total. The molecule has 0 aliphatic rings. The third kappa shape index (κ3) is 6.42. The first-order chi connectivity index (χ1) is 15.5. The van der Waals surface area contributed by atoms with Crippen LogP contribution in [0.2, 0.25) is 5.15 Å². The minimum Gasteiger partial charge on any atom is -0.459 e. The van der Waals surface area contributed by atoms with E-state index in [9.17, 15) is 9.59 Å². The predicted octanol–water partition coefficient (Wildman–Crippen LogP) is 3.67. The Balaban J connectivity index is 1.86. The Morgan fingerprint density at radius 3 is 2.41 bits per heavy atom. The van der Waals surface area contributed by atoms with Gasteiger partial charge in [0.2, 0.25) is 0 Å². The zero-order valence-electron chi connectivity index (χ0n) is 18.3. The zero-order chi connectivity index (χ0) is 22.9. The lowest BCUT2D eigenvalue weighted by Gasteiger charge is -2.16. The highest BCUT2D eigenvalue weighted by Gasteiger charge is 2.19. The lowest BCUT2D eigenvalue weighted by atomic mass is 10.1. The quantitative estimate of drug-likeness (QED) is 0.372. The largest absolute Gasteiger partial charge is 0.459 e. The molecule has 3 rings (SSSR count). The van der Waals surface area contributed by atoms with Gasteiger partial charge in [0.25, 0.3) is 5.56 Å². The minimum absolute atomic E-state index is 0.115. The van der Waals surface area contributed by atoms with E-state index in [1.807, 2.05) is 74.8 Å². The first-order valence-corrected chi connectivity index (χ1v) is 10.8. The van der Waals surface area contributed by atoms with E-state index < -0.39 is 11.5 Å². The maximum Gasteiger partial charge on any atom is 0.326 e. The minimum atomic E-state index is -0.533. The number of rotatable bonds is 10. The van der Waals surface area contributed by atoms with Crippen LogP contribution in [0.15, 0.2) is 65.5 Å². The molecular weight excluding hydrogens is 428 g/mol. The number of hydrogen-bond acceptors (Lipinski definition) is 6. The van der Waals surface area contributed by atoms with Crippen LogP contribution >= 0.6 is 11.6 Å². The molecule has 0 bridgehead atoms. The average Bonchev–Trinajstić information content (AvgIpc) is 2.79. The Kier molecular flexibility index (Phi) is 8.41. The van der Waals surface area contributed by atoms with E-state index >= 15 is 0 Å². The van der Waals surface area contributed by atoms with Crippen molar-refractivity contribution in [2.75, 3.05) is 32.5 Å². The van der Waals surface area contributed by atoms with Crippen LogP contribution in [0.3, 0.4) is 0 Å². The van der Waals surface area contributed by atoms with Gasteiger partial charge >= 0.3 is 5.97 Å². The number of anilines is 1. The van der Waals surface area contributed by atoms with Gasteiger partial charge in [0.15, 0.2) is 11.0 Å². The van der Waals surface area contributed by atoms with Crippen molar-refractivity contribution >= 4 is 23.4 Å². The highest BCUT2D eigenvalue weighted by Crippen LogP contribution is 2.26. The summed E-state index contributed by atoms with van der Waals surface area (Å²) in [5, 5.41) is 3.19. The molecule has 32 heavy (non-hydrogen) atoms. The fourth-order valence-electron chi connectivity index (χ4n) is 3.19. The SMILES string of the molecule is CN(C)CCCNc1nc(Cl)c(-c2ccccc2)n(CC(=O)OCc2ccccc2)c1=O. The van der Waals surface area contributed by atoms with Crippen molar-refractivity contribution in [3.8, 4) is 11.3 Å². The number of carbonyl (C=O) groups is 1. The van der Waals surface area contributed by atoms with Crippen molar-refractivity contribution in [1.82, 2.24) is 14.5 Å². The van der Waals surface area contributed by atoms with E-state index in [1.54, 1.807) is 0 Å². The summed E-state index contributed by atoms with van der Waals surface area (Å²) >= 11 is 6.49. The average molecular weight is 455 g/mol. The molecule has 0 radical (unpaired) electrons. The van der Waals surface area contributed by atoms with Crippen LogP contribution in [0.5, 0.6) is 0 Å². The van der Waals surface area contributed by atoms with Crippen molar-refractivity contribution in [2.24, 2.45) is 0 Å². The summed E-state index contributed by atoms with van der Waals surface area (Å²) in [6.07, 6.45) is 0.825. The molecule has 0 aliphatic heterocycles. The fourth-order valence-corrected chi connectivity index (χ4v) is 3.49. The standard InChI is InChI=1S/C24H27ClN4O3/c1-28(2)15-9-14-26-23-24(31)29(16-20(30)32-17-18-10-5-3-6-11-18)21(22(25)27-23)19-12-7-4-8-13-19/h3-8,10-13H,9,14-17H2,1-2H3,(H,26,27). The van der Waals surface area contributed by atoms with Gasteiger partial charge in [0.1, 0.15) is 13.2 Å². The number of nitrogens with zero attached hydrogens (tertiary/aromatic N) is 3. The third-order valence-corrected chi connectivity index (χ3v) is 5.04.